The summed E-state index contributed by atoms with van der Waals surface area (Å²) in [5.41, 5.74) is 0.0629. The largest absolute Gasteiger partial charge is 0.416 e. The standard InChI is InChI=1S/C26H37F3N3O2/c1-20(33)5-10-25(34)32(17-18-32)24-8-6-21(7-9-24)11-12-30-13-15-31(16-14-30)23-4-2-3-22(19-23)26(27,28)29/h2-4,19,21,24H,5-18H2,1H3/q+1. The highest BCUT2D eigenvalue weighted by Crippen LogP contribution is 2.39. The van der Waals surface area contributed by atoms with Gasteiger partial charge < -0.3 is 9.69 Å². The highest BCUT2D eigenvalue weighted by molar-refractivity contribution is 5.81. The quantitative estimate of drug-likeness (QED) is 0.406. The summed E-state index contributed by atoms with van der Waals surface area (Å²) in [4.78, 5) is 28.4. The van der Waals surface area contributed by atoms with Gasteiger partial charge >= 0.3 is 12.1 Å². The first-order valence-electron chi connectivity index (χ1n) is 12.7. The predicted octanol–water partition coefficient (Wildman–Crippen LogP) is 4.50. The number of rotatable bonds is 8. The number of hydrogen-bond acceptors (Lipinski definition) is 4. The Bertz CT molecular complexity index is 868. The van der Waals surface area contributed by atoms with Crippen LogP contribution in [-0.4, -0.2) is 72.9 Å². The van der Waals surface area contributed by atoms with Crippen molar-refractivity contribution in [1.82, 2.24) is 4.90 Å². The molecule has 0 aromatic heterocycles. The number of Topliss-reactive ketones (excluding diaryl/α,β-unsaturated/α-hetero) is 1. The van der Waals surface area contributed by atoms with E-state index in [1.54, 1.807) is 13.0 Å². The molecular weight excluding hydrogens is 443 g/mol. The Morgan fingerprint density at radius 2 is 1.68 bits per heavy atom. The molecule has 0 N–H and O–H groups in total. The molecule has 0 radical (unpaired) electrons. The number of alkyl halides is 3. The first kappa shape index (κ1) is 25.2. The molecule has 0 unspecified atom stereocenters. The zero-order valence-corrected chi connectivity index (χ0v) is 20.2. The van der Waals surface area contributed by atoms with Crippen LogP contribution in [0.2, 0.25) is 0 Å². The third-order valence-electron chi connectivity index (χ3n) is 8.17. The van der Waals surface area contributed by atoms with E-state index in [0.29, 0.717) is 35.0 Å². The van der Waals surface area contributed by atoms with E-state index in [1.165, 1.54) is 12.1 Å². The number of halogens is 3. The van der Waals surface area contributed by atoms with Crippen molar-refractivity contribution in [3.05, 3.63) is 29.8 Å². The van der Waals surface area contributed by atoms with Crippen LogP contribution in [0.5, 0.6) is 0 Å². The fourth-order valence-electron chi connectivity index (χ4n) is 5.83. The van der Waals surface area contributed by atoms with Crippen molar-refractivity contribution in [2.75, 3.05) is 50.7 Å². The van der Waals surface area contributed by atoms with Gasteiger partial charge in [-0.2, -0.15) is 13.2 Å². The molecule has 1 aromatic carbocycles. The van der Waals surface area contributed by atoms with Crippen LogP contribution in [0, 0.1) is 5.92 Å². The molecule has 34 heavy (non-hydrogen) atoms. The topological polar surface area (TPSA) is 40.6 Å². The average molecular weight is 481 g/mol. The van der Waals surface area contributed by atoms with Crippen molar-refractivity contribution in [3.63, 3.8) is 0 Å². The van der Waals surface area contributed by atoms with E-state index in [-0.39, 0.29) is 11.7 Å². The maximum Gasteiger partial charge on any atom is 0.416 e. The smallest absolute Gasteiger partial charge is 0.369 e. The molecule has 0 spiro atoms. The Morgan fingerprint density at radius 1 is 1.00 bits per heavy atom. The lowest BCUT2D eigenvalue weighted by atomic mass is 9.83. The van der Waals surface area contributed by atoms with E-state index in [0.717, 1.165) is 84.0 Å². The SMILES string of the molecule is CC(=O)CCC(=O)[N+]1(C2CCC(CCN3CCN(c4cccc(C(F)(F)F)c4)CC3)CC2)CC1. The molecule has 1 amide bonds. The number of quaternary nitrogens is 1. The molecule has 1 aliphatic carbocycles. The molecule has 188 valence electrons. The van der Waals surface area contributed by atoms with Gasteiger partial charge in [0.1, 0.15) is 18.9 Å². The second kappa shape index (κ2) is 10.4. The number of carbonyl (C=O) groups is 2. The maximum absolute atomic E-state index is 13.0. The van der Waals surface area contributed by atoms with Crippen molar-refractivity contribution < 1.29 is 27.2 Å². The summed E-state index contributed by atoms with van der Waals surface area (Å²) in [6.07, 6.45) is 2.12. The Hall–Kier alpha value is -1.93. The van der Waals surface area contributed by atoms with E-state index in [9.17, 15) is 22.8 Å². The summed E-state index contributed by atoms with van der Waals surface area (Å²) >= 11 is 0. The summed E-state index contributed by atoms with van der Waals surface area (Å²) in [6.45, 7) is 7.71. The number of hydrogen-bond donors (Lipinski definition) is 0. The second-order valence-electron chi connectivity index (χ2n) is 10.4. The van der Waals surface area contributed by atoms with Gasteiger partial charge in [-0.15, -0.1) is 0 Å². The second-order valence-corrected chi connectivity index (χ2v) is 10.4. The zero-order valence-electron chi connectivity index (χ0n) is 20.2. The third-order valence-corrected chi connectivity index (χ3v) is 8.17. The van der Waals surface area contributed by atoms with Gasteiger partial charge in [0.05, 0.1) is 18.0 Å². The monoisotopic (exact) mass is 480 g/mol. The molecule has 2 saturated heterocycles. The van der Waals surface area contributed by atoms with Crippen LogP contribution in [-0.2, 0) is 15.8 Å². The number of piperazine rings is 1. The molecule has 3 fully saturated rings. The number of ketones is 1. The molecule has 2 heterocycles. The summed E-state index contributed by atoms with van der Waals surface area (Å²) in [7, 11) is 0. The molecule has 8 heteroatoms. The van der Waals surface area contributed by atoms with E-state index in [1.807, 2.05) is 4.90 Å². The van der Waals surface area contributed by atoms with E-state index in [2.05, 4.69) is 4.90 Å². The van der Waals surface area contributed by atoms with Crippen LogP contribution in [0.1, 0.15) is 57.4 Å². The number of anilines is 1. The average Bonchev–Trinajstić information content (AvgIpc) is 3.64. The lowest BCUT2D eigenvalue weighted by molar-refractivity contribution is -0.752. The lowest BCUT2D eigenvalue weighted by Crippen LogP contribution is -2.47. The first-order valence-corrected chi connectivity index (χ1v) is 12.7. The molecule has 3 aliphatic rings. The van der Waals surface area contributed by atoms with Crippen LogP contribution < -0.4 is 4.90 Å². The molecule has 5 nitrogen and oxygen atoms in total. The van der Waals surface area contributed by atoms with Gasteiger partial charge in [0.25, 0.3) is 0 Å². The van der Waals surface area contributed by atoms with Crippen molar-refractivity contribution >= 4 is 17.4 Å². The van der Waals surface area contributed by atoms with E-state index < -0.39 is 11.7 Å². The Labute approximate surface area is 200 Å². The van der Waals surface area contributed by atoms with Crippen molar-refractivity contribution in [1.29, 1.82) is 0 Å². The van der Waals surface area contributed by atoms with Crippen LogP contribution in [0.15, 0.2) is 24.3 Å². The minimum absolute atomic E-state index is 0.0905. The molecule has 0 atom stereocenters. The van der Waals surface area contributed by atoms with Gasteiger partial charge in [0, 0.05) is 51.1 Å². The Balaban J connectivity index is 1.17. The van der Waals surface area contributed by atoms with Gasteiger partial charge in [-0.3, -0.25) is 4.90 Å². The van der Waals surface area contributed by atoms with Gasteiger partial charge in [-0.05, 0) is 56.8 Å². The third kappa shape index (κ3) is 6.00. The first-order chi connectivity index (χ1) is 16.2. The molecule has 1 saturated carbocycles. The molecule has 1 aromatic rings. The maximum atomic E-state index is 13.0. The van der Waals surface area contributed by atoms with Gasteiger partial charge in [0.2, 0.25) is 0 Å². The number of amides is 1. The Morgan fingerprint density at radius 3 is 2.26 bits per heavy atom. The van der Waals surface area contributed by atoms with Gasteiger partial charge in [0.15, 0.2) is 0 Å². The van der Waals surface area contributed by atoms with E-state index in [4.69, 9.17) is 0 Å². The Kier molecular flexibility index (Phi) is 7.67. The summed E-state index contributed by atoms with van der Waals surface area (Å²) < 4.78 is 39.7. The van der Waals surface area contributed by atoms with Crippen molar-refractivity contribution in [3.8, 4) is 0 Å². The fourth-order valence-corrected chi connectivity index (χ4v) is 5.83. The van der Waals surface area contributed by atoms with Crippen LogP contribution in [0.4, 0.5) is 18.9 Å². The minimum atomic E-state index is -4.31. The van der Waals surface area contributed by atoms with Crippen LogP contribution in [0.25, 0.3) is 0 Å². The minimum Gasteiger partial charge on any atom is -0.369 e. The predicted molar refractivity (Wildman–Crippen MR) is 125 cm³/mol. The highest BCUT2D eigenvalue weighted by atomic mass is 19.4. The number of carbonyl (C=O) groups excluding carboxylic acids is 2. The van der Waals surface area contributed by atoms with Crippen LogP contribution in [0.3, 0.4) is 0 Å². The summed E-state index contributed by atoms with van der Waals surface area (Å²) in [5, 5.41) is 0. The van der Waals surface area contributed by atoms with Crippen molar-refractivity contribution in [2.24, 2.45) is 5.92 Å². The molecule has 0 bridgehead atoms. The summed E-state index contributed by atoms with van der Waals surface area (Å²) in [5.74, 6) is 1.04. The van der Waals surface area contributed by atoms with Crippen LogP contribution >= 0.6 is 0 Å². The lowest BCUT2D eigenvalue weighted by Gasteiger charge is -2.38. The fraction of sp³-hybridized carbons (Fsp3) is 0.692. The number of benzene rings is 1. The van der Waals surface area contributed by atoms with E-state index >= 15 is 0 Å². The summed E-state index contributed by atoms with van der Waals surface area (Å²) in [6, 6.07) is 6.07. The number of nitrogens with zero attached hydrogens (tertiary/aromatic N) is 3. The normalized spacial score (nSPS) is 25.2. The van der Waals surface area contributed by atoms with Gasteiger partial charge in [-0.25, -0.2) is 9.28 Å². The van der Waals surface area contributed by atoms with Gasteiger partial charge in [-0.1, -0.05) is 6.07 Å². The van der Waals surface area contributed by atoms with Crippen molar-refractivity contribution in [2.45, 2.75) is 64.1 Å². The highest BCUT2D eigenvalue weighted by Gasteiger charge is 2.55. The zero-order chi connectivity index (χ0) is 24.3. The molecule has 2 aliphatic heterocycles. The molecular formula is C26H37F3N3O2+. The molecule has 4 rings (SSSR count).